The minimum atomic E-state index is -1.86. The van der Waals surface area contributed by atoms with Crippen LogP contribution in [0, 0.1) is 5.92 Å². The summed E-state index contributed by atoms with van der Waals surface area (Å²) in [5, 5.41) is 3.68. The molecule has 2 atom stereocenters. The Morgan fingerprint density at radius 2 is 1.89 bits per heavy atom. The Hall–Kier alpha value is -4.21. The van der Waals surface area contributed by atoms with E-state index in [1.165, 1.54) is 0 Å². The lowest BCUT2D eigenvalue weighted by Crippen LogP contribution is -2.52. The number of carbonyl (C=O) groups excluding carboxylic acids is 3. The van der Waals surface area contributed by atoms with Crippen molar-refractivity contribution in [3.8, 4) is 11.4 Å². The van der Waals surface area contributed by atoms with Crippen molar-refractivity contribution in [2.45, 2.75) is 103 Å². The molecule has 0 bridgehead atoms. The highest BCUT2D eigenvalue weighted by molar-refractivity contribution is 5.90. The molecule has 2 aliphatic heterocycles. The predicted octanol–water partition coefficient (Wildman–Crippen LogP) is 5.49. The van der Waals surface area contributed by atoms with E-state index in [4.69, 9.17) is 19.2 Å². The maximum Gasteiger partial charge on any atom is 0.408 e. The molecule has 3 aromatic rings. The molecule has 1 saturated carbocycles. The molecule has 10 nitrogen and oxygen atoms in total. The Labute approximate surface area is 256 Å². The lowest BCUT2D eigenvalue weighted by atomic mass is 9.84. The first-order valence-corrected chi connectivity index (χ1v) is 15.5. The molecule has 1 aliphatic carbocycles. The number of alkyl carbamates (subject to hydrolysis) is 1. The van der Waals surface area contributed by atoms with E-state index < -0.39 is 35.3 Å². The number of esters is 2. The summed E-state index contributed by atoms with van der Waals surface area (Å²) in [5.41, 5.74) is 0.523. The number of aromatic nitrogens is 2. The van der Waals surface area contributed by atoms with Crippen molar-refractivity contribution in [1.29, 1.82) is 0 Å². The van der Waals surface area contributed by atoms with Crippen molar-refractivity contribution in [2.24, 2.45) is 5.92 Å². The first kappa shape index (κ1) is 29.8. The van der Waals surface area contributed by atoms with Crippen LogP contribution in [0.4, 0.5) is 4.79 Å². The summed E-state index contributed by atoms with van der Waals surface area (Å²) in [6, 6.07) is 10.5. The zero-order valence-electron chi connectivity index (χ0n) is 25.7. The number of pyridine rings is 2. The molecule has 1 aromatic carbocycles. The van der Waals surface area contributed by atoms with Crippen molar-refractivity contribution in [3.05, 3.63) is 63.4 Å². The van der Waals surface area contributed by atoms with Crippen molar-refractivity contribution >= 4 is 28.9 Å². The standard InChI is InChI=1S/C34H39N3O7/c1-5-34(43-30(39)26(15-20-11-7-6-8-12-20)36-32(41)44-33(2,3)4)24-17-27-28-22(16-21-13-9-10-14-25(21)35-28)18-37(27)29(38)23(24)19-42-31(34)40/h9-10,13-14,16-17,20,26H,5-8,11-12,15,18-19H2,1-4H3,(H,36,41)/t26-,34-/m0/s1. The molecule has 232 valence electrons. The van der Waals surface area contributed by atoms with Gasteiger partial charge in [0.2, 0.25) is 5.60 Å². The molecule has 10 heteroatoms. The summed E-state index contributed by atoms with van der Waals surface area (Å²) in [4.78, 5) is 59.1. The molecule has 3 aliphatic rings. The van der Waals surface area contributed by atoms with Crippen LogP contribution < -0.4 is 10.9 Å². The third kappa shape index (κ3) is 5.46. The van der Waals surface area contributed by atoms with Crippen molar-refractivity contribution < 1.29 is 28.6 Å². The Kier molecular flexibility index (Phi) is 7.71. The molecule has 0 saturated heterocycles. The third-order valence-electron chi connectivity index (χ3n) is 8.93. The van der Waals surface area contributed by atoms with Crippen LogP contribution in [0.5, 0.6) is 0 Å². The van der Waals surface area contributed by atoms with E-state index in [9.17, 15) is 19.2 Å². The van der Waals surface area contributed by atoms with Crippen LogP contribution in [-0.2, 0) is 42.6 Å². The van der Waals surface area contributed by atoms with Gasteiger partial charge in [-0.3, -0.25) is 4.79 Å². The van der Waals surface area contributed by atoms with Crippen LogP contribution in [0.25, 0.3) is 22.3 Å². The number of nitrogens with zero attached hydrogens (tertiary/aromatic N) is 2. The van der Waals surface area contributed by atoms with Gasteiger partial charge in [0.05, 0.1) is 29.0 Å². The predicted molar refractivity (Wildman–Crippen MR) is 163 cm³/mol. The molecule has 1 fully saturated rings. The van der Waals surface area contributed by atoms with Gasteiger partial charge in [0, 0.05) is 16.5 Å². The first-order chi connectivity index (χ1) is 21.0. The van der Waals surface area contributed by atoms with Crippen LogP contribution in [-0.4, -0.2) is 39.2 Å². The van der Waals surface area contributed by atoms with Gasteiger partial charge in [-0.1, -0.05) is 57.2 Å². The van der Waals surface area contributed by atoms with Gasteiger partial charge >= 0.3 is 18.0 Å². The monoisotopic (exact) mass is 601 g/mol. The summed E-state index contributed by atoms with van der Waals surface area (Å²) < 4.78 is 18.7. The summed E-state index contributed by atoms with van der Waals surface area (Å²) in [7, 11) is 0. The number of nitrogens with one attached hydrogen (secondary N) is 1. The van der Waals surface area contributed by atoms with Gasteiger partial charge in [-0.25, -0.2) is 19.4 Å². The summed E-state index contributed by atoms with van der Waals surface area (Å²) in [5.74, 6) is -1.30. The first-order valence-electron chi connectivity index (χ1n) is 15.5. The molecule has 1 N–H and O–H groups in total. The Morgan fingerprint density at radius 1 is 1.14 bits per heavy atom. The van der Waals surface area contributed by atoms with Crippen molar-refractivity contribution in [2.75, 3.05) is 0 Å². The van der Waals surface area contributed by atoms with Gasteiger partial charge in [-0.05, 0) is 57.7 Å². The van der Waals surface area contributed by atoms with Crippen LogP contribution in [0.1, 0.15) is 89.3 Å². The lowest BCUT2D eigenvalue weighted by Gasteiger charge is -2.37. The van der Waals surface area contributed by atoms with Gasteiger partial charge in [-0.15, -0.1) is 0 Å². The molecule has 2 aromatic heterocycles. The smallest absolute Gasteiger partial charge is 0.408 e. The van der Waals surface area contributed by atoms with Gasteiger partial charge in [0.25, 0.3) is 5.56 Å². The van der Waals surface area contributed by atoms with E-state index in [1.807, 2.05) is 30.3 Å². The number of benzene rings is 1. The quantitative estimate of drug-likeness (QED) is 0.227. The van der Waals surface area contributed by atoms with E-state index in [0.29, 0.717) is 29.9 Å². The van der Waals surface area contributed by atoms with E-state index in [-0.39, 0.29) is 30.1 Å². The van der Waals surface area contributed by atoms with Gasteiger partial charge in [0.1, 0.15) is 18.2 Å². The van der Waals surface area contributed by atoms with Gasteiger partial charge in [-0.2, -0.15) is 0 Å². The van der Waals surface area contributed by atoms with Crippen LogP contribution in [0.2, 0.25) is 0 Å². The molecule has 0 spiro atoms. The SMILES string of the molecule is CC[C@@]1(OC(=O)[C@H](CC2CCCCC2)NC(=O)OC(C)(C)C)C(=O)OCc2c1cc1n(c2=O)Cc2cc3ccccc3nc2-1. The Bertz CT molecular complexity index is 1700. The van der Waals surface area contributed by atoms with Crippen LogP contribution >= 0.6 is 0 Å². The normalized spacial score (nSPS) is 20.2. The highest BCUT2D eigenvalue weighted by Crippen LogP contribution is 2.41. The van der Waals surface area contributed by atoms with E-state index in [0.717, 1.165) is 48.6 Å². The summed E-state index contributed by atoms with van der Waals surface area (Å²) >= 11 is 0. The largest absolute Gasteiger partial charge is 0.457 e. The third-order valence-corrected chi connectivity index (χ3v) is 8.93. The number of fused-ring (bicyclic) bond motifs is 5. The lowest BCUT2D eigenvalue weighted by molar-refractivity contribution is -0.191. The van der Waals surface area contributed by atoms with E-state index in [1.54, 1.807) is 38.3 Å². The average Bonchev–Trinajstić information content (AvgIpc) is 3.34. The topological polar surface area (TPSA) is 126 Å². The molecule has 0 unspecified atom stereocenters. The van der Waals surface area contributed by atoms with E-state index >= 15 is 0 Å². The maximum atomic E-state index is 14.0. The molecule has 1 amide bonds. The van der Waals surface area contributed by atoms with Crippen LogP contribution in [0.15, 0.2) is 41.2 Å². The molecule has 4 heterocycles. The number of amides is 1. The van der Waals surface area contributed by atoms with Crippen molar-refractivity contribution in [3.63, 3.8) is 0 Å². The second-order valence-corrected chi connectivity index (χ2v) is 13.1. The second-order valence-electron chi connectivity index (χ2n) is 13.1. The van der Waals surface area contributed by atoms with Gasteiger partial charge < -0.3 is 24.1 Å². The summed E-state index contributed by atoms with van der Waals surface area (Å²) in [6.07, 6.45) is 4.78. The van der Waals surface area contributed by atoms with E-state index in [2.05, 4.69) is 5.32 Å². The summed E-state index contributed by atoms with van der Waals surface area (Å²) in [6.45, 7) is 7.06. The average molecular weight is 602 g/mol. The molecular weight excluding hydrogens is 562 g/mol. The Balaban J connectivity index is 1.38. The molecule has 44 heavy (non-hydrogen) atoms. The van der Waals surface area contributed by atoms with Crippen LogP contribution in [0.3, 0.4) is 0 Å². The fourth-order valence-corrected chi connectivity index (χ4v) is 6.75. The number of hydrogen-bond acceptors (Lipinski definition) is 8. The highest BCUT2D eigenvalue weighted by atomic mass is 16.6. The second kappa shape index (κ2) is 11.4. The molecule has 0 radical (unpaired) electrons. The zero-order chi connectivity index (χ0) is 31.2. The molecular formula is C34H39N3O7. The van der Waals surface area contributed by atoms with Gasteiger partial charge in [0.15, 0.2) is 0 Å². The number of ether oxygens (including phenoxy) is 3. The Morgan fingerprint density at radius 3 is 2.61 bits per heavy atom. The highest BCUT2D eigenvalue weighted by Gasteiger charge is 2.51. The number of para-hydroxylation sites is 1. The minimum absolute atomic E-state index is 0.0358. The van der Waals surface area contributed by atoms with Crippen molar-refractivity contribution in [1.82, 2.24) is 14.9 Å². The number of carbonyl (C=O) groups is 3. The number of cyclic esters (lactones) is 1. The maximum absolute atomic E-state index is 14.0. The molecule has 6 rings (SSSR count). The number of rotatable bonds is 6. The zero-order valence-corrected chi connectivity index (χ0v) is 25.7. The fourth-order valence-electron chi connectivity index (χ4n) is 6.75. The minimum Gasteiger partial charge on any atom is -0.457 e. The number of hydrogen-bond donors (Lipinski definition) is 1. The fraction of sp³-hybridized carbons (Fsp3) is 0.500.